The first-order valence-corrected chi connectivity index (χ1v) is 5.95. The van der Waals surface area contributed by atoms with Gasteiger partial charge in [0.25, 0.3) is 0 Å². The number of carbonyl (C=O) groups excluding carboxylic acids is 2. The summed E-state index contributed by atoms with van der Waals surface area (Å²) in [7, 11) is 4.34. The van der Waals surface area contributed by atoms with Crippen molar-refractivity contribution in [3.63, 3.8) is 0 Å². The Morgan fingerprint density at radius 1 is 1.33 bits per heavy atom. The van der Waals surface area contributed by atoms with E-state index in [2.05, 4.69) is 20.7 Å². The monoisotopic (exact) mass is 315 g/mol. The van der Waals surface area contributed by atoms with Gasteiger partial charge in [0.1, 0.15) is 12.2 Å². The summed E-state index contributed by atoms with van der Waals surface area (Å²) in [6.45, 7) is 0. The first-order chi connectivity index (χ1) is 8.49. The molecule has 5 nitrogen and oxygen atoms in total. The average molecular weight is 316 g/mol. The van der Waals surface area contributed by atoms with Crippen molar-refractivity contribution in [3.05, 3.63) is 22.7 Å². The Hall–Kier alpha value is -1.56. The van der Waals surface area contributed by atoms with Gasteiger partial charge in [-0.05, 0) is 18.2 Å². The summed E-state index contributed by atoms with van der Waals surface area (Å²) in [5.41, 5.74) is 0.584. The van der Waals surface area contributed by atoms with Gasteiger partial charge in [-0.1, -0.05) is 15.9 Å². The fraction of sp³-hybridized carbons (Fsp3) is 0.333. The van der Waals surface area contributed by atoms with E-state index in [1.165, 1.54) is 19.1 Å². The van der Waals surface area contributed by atoms with Crippen molar-refractivity contribution < 1.29 is 19.1 Å². The zero-order valence-electron chi connectivity index (χ0n) is 10.4. The predicted octanol–water partition coefficient (Wildman–Crippen LogP) is 1.98. The van der Waals surface area contributed by atoms with E-state index in [1.807, 2.05) is 0 Å². The molecular weight excluding hydrogens is 302 g/mol. The van der Waals surface area contributed by atoms with Gasteiger partial charge in [-0.3, -0.25) is 9.59 Å². The number of carbonyl (C=O) groups is 2. The van der Waals surface area contributed by atoms with Crippen LogP contribution >= 0.6 is 15.9 Å². The molecule has 0 fully saturated rings. The number of methoxy groups -OCH3 is 2. The molecule has 0 unspecified atom stereocenters. The van der Waals surface area contributed by atoms with E-state index < -0.39 is 5.97 Å². The van der Waals surface area contributed by atoms with E-state index in [9.17, 15) is 9.59 Å². The maximum Gasteiger partial charge on any atom is 0.315 e. The number of hydrogen-bond acceptors (Lipinski definition) is 4. The summed E-state index contributed by atoms with van der Waals surface area (Å²) < 4.78 is 10.4. The largest absolute Gasteiger partial charge is 0.495 e. The summed E-state index contributed by atoms with van der Waals surface area (Å²) in [5.74, 6) is -0.377. The van der Waals surface area contributed by atoms with Gasteiger partial charge < -0.3 is 14.4 Å². The number of esters is 1. The Labute approximate surface area is 114 Å². The van der Waals surface area contributed by atoms with E-state index in [0.717, 1.165) is 4.47 Å². The third kappa shape index (κ3) is 3.46. The summed E-state index contributed by atoms with van der Waals surface area (Å²) in [5, 5.41) is 0. The molecule has 18 heavy (non-hydrogen) atoms. The Balaban J connectivity index is 2.95. The van der Waals surface area contributed by atoms with Crippen molar-refractivity contribution in [3.8, 4) is 5.75 Å². The summed E-state index contributed by atoms with van der Waals surface area (Å²) in [4.78, 5) is 24.3. The standard InChI is InChI=1S/C12H14BrNO4/c1-14(11(15)7-12(16)18-3)9-6-8(13)4-5-10(9)17-2/h4-6H,7H2,1-3H3. The number of rotatable bonds is 4. The smallest absolute Gasteiger partial charge is 0.315 e. The van der Waals surface area contributed by atoms with Crippen molar-refractivity contribution in [2.24, 2.45) is 0 Å². The minimum atomic E-state index is -0.569. The molecule has 0 radical (unpaired) electrons. The lowest BCUT2D eigenvalue weighted by Crippen LogP contribution is -2.29. The second-order valence-electron chi connectivity index (χ2n) is 3.52. The molecule has 6 heteroatoms. The molecule has 1 aromatic rings. The number of nitrogens with zero attached hydrogens (tertiary/aromatic N) is 1. The van der Waals surface area contributed by atoms with Crippen LogP contribution in [-0.2, 0) is 14.3 Å². The first-order valence-electron chi connectivity index (χ1n) is 5.16. The van der Waals surface area contributed by atoms with Gasteiger partial charge in [0, 0.05) is 11.5 Å². The molecule has 1 rings (SSSR count). The molecule has 0 aliphatic rings. The van der Waals surface area contributed by atoms with Gasteiger partial charge in [-0.15, -0.1) is 0 Å². The highest BCUT2D eigenvalue weighted by Crippen LogP contribution is 2.30. The Bertz CT molecular complexity index is 461. The van der Waals surface area contributed by atoms with Crippen LogP contribution in [-0.4, -0.2) is 33.1 Å². The van der Waals surface area contributed by atoms with Gasteiger partial charge in [0.15, 0.2) is 0 Å². The zero-order valence-corrected chi connectivity index (χ0v) is 12.0. The summed E-state index contributed by atoms with van der Waals surface area (Å²) in [6, 6.07) is 5.29. The SMILES string of the molecule is COC(=O)CC(=O)N(C)c1cc(Br)ccc1OC. The highest BCUT2D eigenvalue weighted by Gasteiger charge is 2.18. The van der Waals surface area contributed by atoms with Gasteiger partial charge in [-0.25, -0.2) is 0 Å². The number of halogens is 1. The van der Waals surface area contributed by atoms with Gasteiger partial charge in [0.2, 0.25) is 5.91 Å². The molecule has 0 atom stereocenters. The lowest BCUT2D eigenvalue weighted by molar-refractivity contribution is -0.143. The maximum absolute atomic E-state index is 11.8. The molecular formula is C12H14BrNO4. The van der Waals surface area contributed by atoms with Crippen LogP contribution in [0.15, 0.2) is 22.7 Å². The third-order valence-electron chi connectivity index (χ3n) is 2.40. The zero-order chi connectivity index (χ0) is 13.7. The van der Waals surface area contributed by atoms with Crippen LogP contribution in [0.1, 0.15) is 6.42 Å². The molecule has 0 aliphatic heterocycles. The molecule has 0 aliphatic carbocycles. The van der Waals surface area contributed by atoms with Crippen molar-refractivity contribution in [2.75, 3.05) is 26.2 Å². The minimum absolute atomic E-state index is 0.303. The van der Waals surface area contributed by atoms with Crippen molar-refractivity contribution in [1.82, 2.24) is 0 Å². The van der Waals surface area contributed by atoms with Crippen LogP contribution in [0, 0.1) is 0 Å². The van der Waals surface area contributed by atoms with E-state index in [0.29, 0.717) is 11.4 Å². The molecule has 0 bridgehead atoms. The van der Waals surface area contributed by atoms with Crippen molar-refractivity contribution in [1.29, 1.82) is 0 Å². The molecule has 0 saturated heterocycles. The Morgan fingerprint density at radius 3 is 2.56 bits per heavy atom. The van der Waals surface area contributed by atoms with E-state index in [-0.39, 0.29) is 12.3 Å². The maximum atomic E-state index is 11.8. The van der Waals surface area contributed by atoms with Crippen molar-refractivity contribution >= 4 is 33.5 Å². The number of amides is 1. The lowest BCUT2D eigenvalue weighted by atomic mass is 10.2. The highest BCUT2D eigenvalue weighted by atomic mass is 79.9. The van der Waals surface area contributed by atoms with E-state index in [1.54, 1.807) is 25.2 Å². The number of anilines is 1. The first kappa shape index (κ1) is 14.5. The molecule has 0 heterocycles. The van der Waals surface area contributed by atoms with E-state index in [4.69, 9.17) is 4.74 Å². The fourth-order valence-electron chi connectivity index (χ4n) is 1.37. The van der Waals surface area contributed by atoms with E-state index >= 15 is 0 Å². The summed E-state index contributed by atoms with van der Waals surface area (Å²) >= 11 is 3.32. The van der Waals surface area contributed by atoms with Crippen LogP contribution in [0.2, 0.25) is 0 Å². The third-order valence-corrected chi connectivity index (χ3v) is 2.89. The average Bonchev–Trinajstić information content (AvgIpc) is 2.37. The predicted molar refractivity (Wildman–Crippen MR) is 70.7 cm³/mol. The number of benzene rings is 1. The topological polar surface area (TPSA) is 55.8 Å². The Morgan fingerprint density at radius 2 is 2.00 bits per heavy atom. The summed E-state index contributed by atoms with van der Waals surface area (Å²) in [6.07, 6.45) is -0.303. The quantitative estimate of drug-likeness (QED) is 0.630. The number of ether oxygens (including phenoxy) is 2. The van der Waals surface area contributed by atoms with Crippen molar-refractivity contribution in [2.45, 2.75) is 6.42 Å². The van der Waals surface area contributed by atoms with Crippen LogP contribution in [0.25, 0.3) is 0 Å². The molecule has 1 amide bonds. The second-order valence-corrected chi connectivity index (χ2v) is 4.44. The molecule has 1 aromatic carbocycles. The highest BCUT2D eigenvalue weighted by molar-refractivity contribution is 9.10. The number of hydrogen-bond donors (Lipinski definition) is 0. The minimum Gasteiger partial charge on any atom is -0.495 e. The van der Waals surface area contributed by atoms with Gasteiger partial charge in [-0.2, -0.15) is 0 Å². The van der Waals surface area contributed by atoms with Gasteiger partial charge in [0.05, 0.1) is 19.9 Å². The van der Waals surface area contributed by atoms with Gasteiger partial charge >= 0.3 is 5.97 Å². The van der Waals surface area contributed by atoms with Crippen LogP contribution in [0.4, 0.5) is 5.69 Å². The molecule has 0 spiro atoms. The molecule has 0 N–H and O–H groups in total. The molecule has 98 valence electrons. The molecule has 0 saturated carbocycles. The second kappa shape index (κ2) is 6.39. The van der Waals surface area contributed by atoms with Crippen LogP contribution in [0.5, 0.6) is 5.75 Å². The fourth-order valence-corrected chi connectivity index (χ4v) is 1.72. The molecule has 0 aromatic heterocycles. The Kier molecular flexibility index (Phi) is 5.15. The lowest BCUT2D eigenvalue weighted by Gasteiger charge is -2.19. The van der Waals surface area contributed by atoms with Crippen LogP contribution in [0.3, 0.4) is 0 Å². The normalized spacial score (nSPS) is 9.78. The van der Waals surface area contributed by atoms with Crippen LogP contribution < -0.4 is 9.64 Å².